The van der Waals surface area contributed by atoms with E-state index in [1.54, 1.807) is 6.92 Å². The molecule has 0 saturated carbocycles. The SMILES string of the molecule is CCOC(=O)/C(=C(\C)O)N(C)S. The monoisotopic (exact) mass is 191 g/mol. The molecule has 0 aromatic rings. The summed E-state index contributed by atoms with van der Waals surface area (Å²) in [5.74, 6) is -0.680. The lowest BCUT2D eigenvalue weighted by Crippen LogP contribution is -2.19. The maximum atomic E-state index is 11.1. The number of hydrogen-bond donors (Lipinski definition) is 2. The van der Waals surface area contributed by atoms with Crippen LogP contribution < -0.4 is 0 Å². The van der Waals surface area contributed by atoms with Crippen molar-refractivity contribution in [2.75, 3.05) is 13.7 Å². The van der Waals surface area contributed by atoms with Gasteiger partial charge in [-0.1, -0.05) is 12.8 Å². The molecule has 0 spiro atoms. The van der Waals surface area contributed by atoms with Crippen LogP contribution in [0.25, 0.3) is 0 Å². The van der Waals surface area contributed by atoms with Crippen molar-refractivity contribution >= 4 is 18.8 Å². The Morgan fingerprint density at radius 1 is 1.67 bits per heavy atom. The van der Waals surface area contributed by atoms with Crippen molar-refractivity contribution in [1.29, 1.82) is 0 Å². The van der Waals surface area contributed by atoms with Gasteiger partial charge in [0.2, 0.25) is 0 Å². The Morgan fingerprint density at radius 2 is 2.17 bits per heavy atom. The van der Waals surface area contributed by atoms with Gasteiger partial charge >= 0.3 is 5.97 Å². The number of aliphatic hydroxyl groups is 1. The van der Waals surface area contributed by atoms with Gasteiger partial charge in [0.15, 0.2) is 5.70 Å². The highest BCUT2D eigenvalue weighted by atomic mass is 32.1. The molecule has 0 radical (unpaired) electrons. The highest BCUT2D eigenvalue weighted by Crippen LogP contribution is 2.10. The maximum absolute atomic E-state index is 11.1. The van der Waals surface area contributed by atoms with Crippen molar-refractivity contribution in [2.45, 2.75) is 13.8 Å². The topological polar surface area (TPSA) is 49.8 Å². The van der Waals surface area contributed by atoms with E-state index in [9.17, 15) is 4.79 Å². The van der Waals surface area contributed by atoms with Crippen LogP contribution in [0, 0.1) is 0 Å². The number of rotatable bonds is 3. The van der Waals surface area contributed by atoms with Crippen LogP contribution in [-0.2, 0) is 9.53 Å². The lowest BCUT2D eigenvalue weighted by molar-refractivity contribution is -0.139. The molecule has 0 bridgehead atoms. The van der Waals surface area contributed by atoms with Crippen molar-refractivity contribution in [1.82, 2.24) is 4.31 Å². The van der Waals surface area contributed by atoms with E-state index in [0.717, 1.165) is 0 Å². The van der Waals surface area contributed by atoms with E-state index in [2.05, 4.69) is 17.6 Å². The van der Waals surface area contributed by atoms with E-state index in [0.29, 0.717) is 0 Å². The van der Waals surface area contributed by atoms with Gasteiger partial charge in [0, 0.05) is 7.05 Å². The maximum Gasteiger partial charge on any atom is 0.358 e. The molecule has 0 aliphatic rings. The molecular formula is C7H13NO3S. The van der Waals surface area contributed by atoms with Crippen LogP contribution in [0.1, 0.15) is 13.8 Å². The molecule has 0 fully saturated rings. The number of thiol groups is 1. The molecule has 0 atom stereocenters. The summed E-state index contributed by atoms with van der Waals surface area (Å²) in [7, 11) is 1.54. The lowest BCUT2D eigenvalue weighted by atomic mass is 10.4. The number of ether oxygens (including phenoxy) is 1. The van der Waals surface area contributed by atoms with Crippen LogP contribution in [-0.4, -0.2) is 29.0 Å². The number of esters is 1. The van der Waals surface area contributed by atoms with Gasteiger partial charge in [-0.15, -0.1) is 0 Å². The van der Waals surface area contributed by atoms with E-state index in [1.807, 2.05) is 0 Å². The molecule has 0 saturated heterocycles. The quantitative estimate of drug-likeness (QED) is 0.304. The molecule has 4 nitrogen and oxygen atoms in total. The van der Waals surface area contributed by atoms with Gasteiger partial charge in [0.05, 0.1) is 6.61 Å². The molecule has 0 aromatic carbocycles. The summed E-state index contributed by atoms with van der Waals surface area (Å²) in [6.45, 7) is 3.37. The fourth-order valence-corrected chi connectivity index (χ4v) is 0.940. The molecule has 0 aromatic heterocycles. The number of carbonyl (C=O) groups excluding carboxylic acids is 1. The van der Waals surface area contributed by atoms with Crippen molar-refractivity contribution in [2.24, 2.45) is 0 Å². The average molecular weight is 191 g/mol. The Labute approximate surface area is 77.4 Å². The van der Waals surface area contributed by atoms with Crippen LogP contribution >= 0.6 is 12.8 Å². The largest absolute Gasteiger partial charge is 0.510 e. The van der Waals surface area contributed by atoms with Gasteiger partial charge in [-0.25, -0.2) is 4.79 Å². The first-order valence-electron chi connectivity index (χ1n) is 3.50. The van der Waals surface area contributed by atoms with E-state index < -0.39 is 5.97 Å². The minimum absolute atomic E-state index is 0.0557. The zero-order valence-corrected chi connectivity index (χ0v) is 8.26. The van der Waals surface area contributed by atoms with Crippen molar-refractivity contribution in [3.8, 4) is 0 Å². The first kappa shape index (κ1) is 11.2. The highest BCUT2D eigenvalue weighted by Gasteiger charge is 2.16. The lowest BCUT2D eigenvalue weighted by Gasteiger charge is -2.14. The molecule has 1 N–H and O–H groups in total. The zero-order chi connectivity index (χ0) is 9.72. The third-order valence-electron chi connectivity index (χ3n) is 1.14. The summed E-state index contributed by atoms with van der Waals surface area (Å²) in [6.07, 6.45) is 0. The van der Waals surface area contributed by atoms with Crippen LogP contribution in [0.4, 0.5) is 0 Å². The first-order valence-corrected chi connectivity index (χ1v) is 3.90. The summed E-state index contributed by atoms with van der Waals surface area (Å²) in [6, 6.07) is 0. The van der Waals surface area contributed by atoms with Crippen molar-refractivity contribution in [3.63, 3.8) is 0 Å². The Bertz CT molecular complexity index is 197. The molecule has 0 amide bonds. The number of nitrogens with zero attached hydrogens (tertiary/aromatic N) is 1. The summed E-state index contributed by atoms with van der Waals surface area (Å²) in [5, 5.41) is 9.07. The number of aliphatic hydroxyl groups excluding tert-OH is 1. The van der Waals surface area contributed by atoms with Gasteiger partial charge in [0.1, 0.15) is 5.76 Å². The number of carbonyl (C=O) groups is 1. The fourth-order valence-electron chi connectivity index (χ4n) is 0.713. The molecular weight excluding hydrogens is 178 g/mol. The molecule has 12 heavy (non-hydrogen) atoms. The van der Waals surface area contributed by atoms with Crippen LogP contribution in [0.15, 0.2) is 11.5 Å². The van der Waals surface area contributed by atoms with Crippen molar-refractivity contribution in [3.05, 3.63) is 11.5 Å². The number of allylic oxidation sites excluding steroid dienone is 1. The van der Waals surface area contributed by atoms with Gasteiger partial charge < -0.3 is 14.1 Å². The summed E-state index contributed by atoms with van der Waals surface area (Å²) in [4.78, 5) is 11.1. The second-order valence-corrected chi connectivity index (χ2v) is 2.78. The Kier molecular flexibility index (Phi) is 4.58. The normalized spacial score (nSPS) is 12.0. The molecule has 0 heterocycles. The van der Waals surface area contributed by atoms with E-state index in [4.69, 9.17) is 5.11 Å². The third-order valence-corrected chi connectivity index (χ3v) is 1.34. The molecule has 0 aliphatic heterocycles. The van der Waals surface area contributed by atoms with Crippen LogP contribution in [0.2, 0.25) is 0 Å². The predicted octanol–water partition coefficient (Wildman–Crippen LogP) is 1.12. The standard InChI is InChI=1S/C7H13NO3S/c1-4-11-7(10)6(5(2)9)8(3)12/h9,12H,4H2,1-3H3/b6-5-. The Hall–Kier alpha value is -0.840. The Balaban J connectivity index is 4.55. The number of hydrogen-bond acceptors (Lipinski definition) is 5. The molecule has 70 valence electrons. The molecule has 0 rings (SSSR count). The number of likely N-dealkylation sites (N-methyl/N-ethyl adjacent to an activating group) is 1. The summed E-state index contributed by atoms with van der Waals surface area (Å²) >= 11 is 3.88. The van der Waals surface area contributed by atoms with Gasteiger partial charge in [-0.3, -0.25) is 0 Å². The fraction of sp³-hybridized carbons (Fsp3) is 0.571. The summed E-state index contributed by atoms with van der Waals surface area (Å²) in [5.41, 5.74) is 0.0557. The summed E-state index contributed by atoms with van der Waals surface area (Å²) < 4.78 is 5.89. The van der Waals surface area contributed by atoms with E-state index >= 15 is 0 Å². The molecule has 0 unspecified atom stereocenters. The van der Waals surface area contributed by atoms with Crippen molar-refractivity contribution < 1.29 is 14.6 Å². The van der Waals surface area contributed by atoms with E-state index in [1.165, 1.54) is 18.3 Å². The van der Waals surface area contributed by atoms with Gasteiger partial charge in [0.25, 0.3) is 0 Å². The average Bonchev–Trinajstić information content (AvgIpc) is 1.85. The molecule has 5 heteroatoms. The Morgan fingerprint density at radius 3 is 2.42 bits per heavy atom. The minimum Gasteiger partial charge on any atom is -0.510 e. The smallest absolute Gasteiger partial charge is 0.358 e. The second kappa shape index (κ2) is 4.92. The van der Waals surface area contributed by atoms with Gasteiger partial charge in [-0.05, 0) is 13.8 Å². The third kappa shape index (κ3) is 3.04. The molecule has 0 aliphatic carbocycles. The van der Waals surface area contributed by atoms with Crippen LogP contribution in [0.5, 0.6) is 0 Å². The predicted molar refractivity (Wildman–Crippen MR) is 48.7 cm³/mol. The van der Waals surface area contributed by atoms with Gasteiger partial charge in [-0.2, -0.15) is 0 Å². The van der Waals surface area contributed by atoms with Crippen LogP contribution in [0.3, 0.4) is 0 Å². The second-order valence-electron chi connectivity index (χ2n) is 2.18. The van der Waals surface area contributed by atoms with E-state index in [-0.39, 0.29) is 18.1 Å². The minimum atomic E-state index is -0.574. The highest BCUT2D eigenvalue weighted by molar-refractivity contribution is 7.77. The first-order chi connectivity index (χ1) is 5.50. The zero-order valence-electron chi connectivity index (χ0n) is 7.37.